The summed E-state index contributed by atoms with van der Waals surface area (Å²) in [4.78, 5) is 14.2. The Bertz CT molecular complexity index is 264. The summed E-state index contributed by atoms with van der Waals surface area (Å²) >= 11 is 0. The van der Waals surface area contributed by atoms with E-state index in [4.69, 9.17) is 10.5 Å². The van der Waals surface area contributed by atoms with Crippen LogP contribution in [0, 0.1) is 0 Å². The number of carbonyl (C=O) groups excluding carboxylic acids is 1. The van der Waals surface area contributed by atoms with Gasteiger partial charge in [-0.15, -0.1) is 0 Å². The third kappa shape index (κ3) is 10.9. The molecule has 0 bridgehead atoms. The molecule has 1 atom stereocenters. The number of nitrogens with zero attached hydrogens (tertiary/aromatic N) is 1. The van der Waals surface area contributed by atoms with Crippen molar-refractivity contribution in [1.29, 1.82) is 0 Å². The molecule has 0 aliphatic heterocycles. The Kier molecular flexibility index (Phi) is 10.8. The van der Waals surface area contributed by atoms with Crippen LogP contribution in [0.1, 0.15) is 46.0 Å². The molecule has 0 fully saturated rings. The highest BCUT2D eigenvalue weighted by atomic mass is 16.6. The van der Waals surface area contributed by atoms with Gasteiger partial charge in [-0.3, -0.25) is 4.98 Å². The molecule has 0 aromatic carbocycles. The van der Waals surface area contributed by atoms with Gasteiger partial charge in [-0.1, -0.05) is 32.8 Å². The van der Waals surface area contributed by atoms with Crippen LogP contribution in [0.25, 0.3) is 0 Å². The molecule has 1 aromatic heterocycles. The van der Waals surface area contributed by atoms with Crippen molar-refractivity contribution in [3.05, 3.63) is 30.6 Å². The molecule has 1 aromatic rings. The van der Waals surface area contributed by atoms with Crippen LogP contribution in [-0.4, -0.2) is 17.2 Å². The average Bonchev–Trinajstić information content (AvgIpc) is 2.40. The van der Waals surface area contributed by atoms with Crippen LogP contribution < -0.4 is 5.73 Å². The van der Waals surface area contributed by atoms with Crippen LogP contribution in [0.4, 0.5) is 4.79 Å². The van der Waals surface area contributed by atoms with E-state index >= 15 is 0 Å². The van der Waals surface area contributed by atoms with E-state index in [9.17, 15) is 4.79 Å². The first-order valence-electron chi connectivity index (χ1n) is 6.51. The smallest absolute Gasteiger partial charge is 0.404 e. The van der Waals surface area contributed by atoms with Crippen LogP contribution in [0.5, 0.6) is 0 Å². The van der Waals surface area contributed by atoms with Crippen LogP contribution in [0.3, 0.4) is 0 Å². The summed E-state index contributed by atoms with van der Waals surface area (Å²) in [5, 5.41) is 0. The van der Waals surface area contributed by atoms with E-state index < -0.39 is 6.09 Å². The fourth-order valence-electron chi connectivity index (χ4n) is 1.45. The first-order valence-corrected chi connectivity index (χ1v) is 6.51. The summed E-state index contributed by atoms with van der Waals surface area (Å²) in [5.74, 6) is 0. The molecule has 4 nitrogen and oxygen atoms in total. The van der Waals surface area contributed by atoms with E-state index in [2.05, 4.69) is 11.9 Å². The average molecular weight is 252 g/mol. The van der Waals surface area contributed by atoms with E-state index in [-0.39, 0.29) is 6.10 Å². The third-order valence-corrected chi connectivity index (χ3v) is 2.43. The van der Waals surface area contributed by atoms with Gasteiger partial charge in [-0.25, -0.2) is 4.79 Å². The minimum Gasteiger partial charge on any atom is -0.446 e. The van der Waals surface area contributed by atoms with Gasteiger partial charge in [0.15, 0.2) is 0 Å². The number of ether oxygens (including phenoxy) is 1. The number of primary amides is 1. The fourth-order valence-corrected chi connectivity index (χ4v) is 1.45. The van der Waals surface area contributed by atoms with Crippen molar-refractivity contribution < 1.29 is 9.53 Å². The molecular weight excluding hydrogens is 228 g/mol. The molecule has 1 unspecified atom stereocenters. The van der Waals surface area contributed by atoms with E-state index in [1.54, 1.807) is 12.4 Å². The monoisotopic (exact) mass is 252 g/mol. The minimum absolute atomic E-state index is 0.0223. The zero-order valence-corrected chi connectivity index (χ0v) is 11.3. The molecule has 1 amide bonds. The lowest BCUT2D eigenvalue weighted by Gasteiger charge is -2.13. The molecule has 0 aliphatic carbocycles. The highest BCUT2D eigenvalue weighted by Crippen LogP contribution is 2.09. The molecule has 0 saturated carbocycles. The standard InChI is InChI=1S/C9H19NO2.C5H5N/c1-3-5-6-7-8(4-2)12-9(10)11;1-2-4-6-5-3-1/h8H,3-7H2,1-2H3,(H2,10,11);1-5H. The molecule has 0 radical (unpaired) electrons. The Morgan fingerprint density at radius 3 is 2.22 bits per heavy atom. The van der Waals surface area contributed by atoms with E-state index in [0.717, 1.165) is 19.3 Å². The molecular formula is C14H24N2O2. The molecule has 4 heteroatoms. The SMILES string of the molecule is CCCCCC(CC)OC(N)=O.c1ccncc1. The number of amides is 1. The summed E-state index contributed by atoms with van der Waals surface area (Å²) in [6.45, 7) is 4.15. The van der Waals surface area contributed by atoms with Crippen molar-refractivity contribution in [3.63, 3.8) is 0 Å². The normalized spacial score (nSPS) is 11.0. The van der Waals surface area contributed by atoms with Gasteiger partial charge in [-0.2, -0.15) is 0 Å². The quantitative estimate of drug-likeness (QED) is 0.788. The zero-order chi connectivity index (χ0) is 13.6. The molecule has 0 saturated heterocycles. The predicted molar refractivity (Wildman–Crippen MR) is 73.1 cm³/mol. The van der Waals surface area contributed by atoms with Crippen molar-refractivity contribution in [2.24, 2.45) is 5.73 Å². The van der Waals surface area contributed by atoms with Crippen LogP contribution >= 0.6 is 0 Å². The van der Waals surface area contributed by atoms with Gasteiger partial charge in [0.05, 0.1) is 0 Å². The summed E-state index contributed by atoms with van der Waals surface area (Å²) in [6, 6.07) is 5.72. The summed E-state index contributed by atoms with van der Waals surface area (Å²) < 4.78 is 4.88. The Labute approximate surface area is 110 Å². The molecule has 102 valence electrons. The van der Waals surface area contributed by atoms with Gasteiger partial charge >= 0.3 is 6.09 Å². The van der Waals surface area contributed by atoms with E-state index in [1.807, 2.05) is 25.1 Å². The highest BCUT2D eigenvalue weighted by molar-refractivity contribution is 5.64. The van der Waals surface area contributed by atoms with Gasteiger partial charge in [0, 0.05) is 12.4 Å². The van der Waals surface area contributed by atoms with Gasteiger partial charge in [0.2, 0.25) is 0 Å². The Morgan fingerprint density at radius 2 is 1.89 bits per heavy atom. The molecule has 1 heterocycles. The van der Waals surface area contributed by atoms with E-state index in [1.165, 1.54) is 12.8 Å². The molecule has 2 N–H and O–H groups in total. The number of pyridine rings is 1. The number of rotatable bonds is 6. The number of aromatic nitrogens is 1. The fraction of sp³-hybridized carbons (Fsp3) is 0.571. The lowest BCUT2D eigenvalue weighted by atomic mass is 10.1. The first-order chi connectivity index (χ1) is 8.70. The number of hydrogen-bond acceptors (Lipinski definition) is 3. The Morgan fingerprint density at radius 1 is 1.22 bits per heavy atom. The predicted octanol–water partition coefficient (Wildman–Crippen LogP) is 3.52. The maximum absolute atomic E-state index is 10.4. The Hall–Kier alpha value is -1.58. The molecule has 0 aliphatic rings. The number of carbonyl (C=O) groups is 1. The number of unbranched alkanes of at least 4 members (excludes halogenated alkanes) is 2. The summed E-state index contributed by atoms with van der Waals surface area (Å²) in [7, 11) is 0. The molecule has 18 heavy (non-hydrogen) atoms. The topological polar surface area (TPSA) is 65.2 Å². The second kappa shape index (κ2) is 11.9. The first kappa shape index (κ1) is 16.4. The number of nitrogens with two attached hydrogens (primary N) is 1. The van der Waals surface area contributed by atoms with Crippen molar-refractivity contribution in [2.45, 2.75) is 52.1 Å². The minimum atomic E-state index is -0.654. The zero-order valence-electron chi connectivity index (χ0n) is 11.3. The third-order valence-electron chi connectivity index (χ3n) is 2.43. The van der Waals surface area contributed by atoms with E-state index in [0.29, 0.717) is 0 Å². The summed E-state index contributed by atoms with van der Waals surface area (Å²) in [6.07, 6.45) is 8.15. The van der Waals surface area contributed by atoms with Crippen molar-refractivity contribution in [3.8, 4) is 0 Å². The van der Waals surface area contributed by atoms with Gasteiger partial charge < -0.3 is 10.5 Å². The molecule has 0 spiro atoms. The lowest BCUT2D eigenvalue weighted by molar-refractivity contribution is 0.0970. The van der Waals surface area contributed by atoms with Crippen LogP contribution in [-0.2, 0) is 4.74 Å². The van der Waals surface area contributed by atoms with Gasteiger partial charge in [0.1, 0.15) is 6.10 Å². The summed E-state index contributed by atoms with van der Waals surface area (Å²) in [5.41, 5.74) is 4.91. The van der Waals surface area contributed by atoms with Gasteiger partial charge in [-0.05, 0) is 31.4 Å². The van der Waals surface area contributed by atoms with Crippen LogP contribution in [0.15, 0.2) is 30.6 Å². The molecule has 1 rings (SSSR count). The number of hydrogen-bond donors (Lipinski definition) is 1. The second-order valence-corrected chi connectivity index (χ2v) is 3.99. The maximum atomic E-state index is 10.4. The van der Waals surface area contributed by atoms with Crippen LogP contribution in [0.2, 0.25) is 0 Å². The van der Waals surface area contributed by atoms with Crippen molar-refractivity contribution in [2.75, 3.05) is 0 Å². The maximum Gasteiger partial charge on any atom is 0.404 e. The Balaban J connectivity index is 0.000000397. The highest BCUT2D eigenvalue weighted by Gasteiger charge is 2.08. The van der Waals surface area contributed by atoms with Crippen molar-refractivity contribution in [1.82, 2.24) is 4.98 Å². The van der Waals surface area contributed by atoms with Gasteiger partial charge in [0.25, 0.3) is 0 Å². The second-order valence-electron chi connectivity index (χ2n) is 3.99. The largest absolute Gasteiger partial charge is 0.446 e. The lowest BCUT2D eigenvalue weighted by Crippen LogP contribution is -2.22. The van der Waals surface area contributed by atoms with Crippen molar-refractivity contribution >= 4 is 6.09 Å².